The average Bonchev–Trinajstić information content (AvgIpc) is 3.30. The Morgan fingerprint density at radius 1 is 0.810 bits per heavy atom. The maximum atomic E-state index is 14.2. The molecule has 1 aliphatic heterocycles. The van der Waals surface area contributed by atoms with Gasteiger partial charge < -0.3 is 9.47 Å². The van der Waals surface area contributed by atoms with E-state index in [0.29, 0.717) is 17.0 Å². The monoisotopic (exact) mass is 621 g/mol. The number of hydrogen-bond donors (Lipinski definition) is 0. The zero-order chi connectivity index (χ0) is 29.2. The van der Waals surface area contributed by atoms with Gasteiger partial charge in [0, 0.05) is 11.5 Å². The van der Waals surface area contributed by atoms with Crippen LogP contribution in [0.25, 0.3) is 0 Å². The number of alkyl halides is 1. The topological polar surface area (TPSA) is 90.0 Å². The number of carbonyl (C=O) groups excluding carboxylic acids is 4. The van der Waals surface area contributed by atoms with Crippen LogP contribution >= 0.6 is 15.9 Å². The summed E-state index contributed by atoms with van der Waals surface area (Å²) in [7, 11) is 1.53. The number of esters is 1. The molecule has 2 amide bonds. The molecule has 0 spiro atoms. The molecule has 2 bridgehead atoms. The Kier molecular flexibility index (Phi) is 6.13. The molecule has 0 N–H and O–H groups in total. The molecule has 4 aliphatic rings. The fraction of sp³-hybridized carbons (Fsp3) is 0.176. The van der Waals surface area contributed by atoms with Gasteiger partial charge in [0.25, 0.3) is 0 Å². The number of ether oxygens (including phenoxy) is 2. The van der Waals surface area contributed by atoms with Crippen molar-refractivity contribution in [3.8, 4) is 5.75 Å². The van der Waals surface area contributed by atoms with Crippen LogP contribution in [0, 0.1) is 11.8 Å². The molecule has 1 heterocycles. The van der Waals surface area contributed by atoms with Gasteiger partial charge in [-0.2, -0.15) is 0 Å². The number of methoxy groups -OCH3 is 1. The molecule has 0 aromatic heterocycles. The van der Waals surface area contributed by atoms with Crippen molar-refractivity contribution in [2.24, 2.45) is 11.8 Å². The Morgan fingerprint density at radius 3 is 2.10 bits per heavy atom. The summed E-state index contributed by atoms with van der Waals surface area (Å²) in [6, 6.07) is 28.7. The van der Waals surface area contributed by atoms with E-state index >= 15 is 0 Å². The molecule has 0 unspecified atom stereocenters. The van der Waals surface area contributed by atoms with Gasteiger partial charge in [-0.05, 0) is 64.7 Å². The first-order valence-corrected chi connectivity index (χ1v) is 14.3. The van der Waals surface area contributed by atoms with Crippen molar-refractivity contribution < 1.29 is 28.7 Å². The van der Waals surface area contributed by atoms with Gasteiger partial charge in [-0.15, -0.1) is 0 Å². The Bertz CT molecular complexity index is 1750. The second-order valence-corrected chi connectivity index (χ2v) is 11.9. The number of carbonyl (C=O) groups is 4. The van der Waals surface area contributed by atoms with E-state index in [9.17, 15) is 19.2 Å². The largest absolute Gasteiger partial charge is 0.497 e. The van der Waals surface area contributed by atoms with Gasteiger partial charge in [0.2, 0.25) is 11.8 Å². The molecule has 3 aliphatic carbocycles. The molecule has 208 valence electrons. The highest BCUT2D eigenvalue weighted by Gasteiger charge is 2.67. The van der Waals surface area contributed by atoms with Crippen molar-refractivity contribution in [2.75, 3.05) is 18.6 Å². The van der Waals surface area contributed by atoms with Gasteiger partial charge in [0.1, 0.15) is 5.75 Å². The molecule has 4 aromatic rings. The third-order valence-electron chi connectivity index (χ3n) is 8.60. The molecule has 7 nitrogen and oxygen atoms in total. The van der Waals surface area contributed by atoms with Crippen molar-refractivity contribution in [1.82, 2.24) is 0 Å². The maximum absolute atomic E-state index is 14.2. The number of benzene rings is 4. The summed E-state index contributed by atoms with van der Waals surface area (Å²) >= 11 is 3.99. The Labute approximate surface area is 250 Å². The maximum Gasteiger partial charge on any atom is 0.338 e. The normalized spacial score (nSPS) is 23.2. The predicted molar refractivity (Wildman–Crippen MR) is 158 cm³/mol. The van der Waals surface area contributed by atoms with E-state index in [1.165, 1.54) is 24.1 Å². The zero-order valence-electron chi connectivity index (χ0n) is 22.5. The first kappa shape index (κ1) is 26.3. The molecule has 42 heavy (non-hydrogen) atoms. The van der Waals surface area contributed by atoms with Crippen LogP contribution in [0.3, 0.4) is 0 Å². The lowest BCUT2D eigenvalue weighted by Gasteiger charge is -2.51. The minimum Gasteiger partial charge on any atom is -0.497 e. The summed E-state index contributed by atoms with van der Waals surface area (Å²) in [5, 5.41) is 0. The number of amides is 2. The number of Topliss-reactive ketones (excluding diaryl/α,β-unsaturated/α-hetero) is 1. The van der Waals surface area contributed by atoms with E-state index in [1.54, 1.807) is 36.4 Å². The smallest absolute Gasteiger partial charge is 0.338 e. The van der Waals surface area contributed by atoms with Crippen LogP contribution < -0.4 is 9.64 Å². The highest BCUT2D eigenvalue weighted by molar-refractivity contribution is 9.09. The first-order chi connectivity index (χ1) is 20.3. The van der Waals surface area contributed by atoms with Crippen LogP contribution in [0.15, 0.2) is 97.1 Å². The molecular formula is C34H24BrNO6. The number of imide groups is 1. The van der Waals surface area contributed by atoms with Gasteiger partial charge in [0.15, 0.2) is 12.4 Å². The van der Waals surface area contributed by atoms with Crippen LogP contribution in [-0.4, -0.2) is 37.3 Å². The van der Waals surface area contributed by atoms with Gasteiger partial charge in [-0.25, -0.2) is 9.69 Å². The van der Waals surface area contributed by atoms with Crippen LogP contribution in [0.1, 0.15) is 48.9 Å². The number of anilines is 1. The highest BCUT2D eigenvalue weighted by Crippen LogP contribution is 2.66. The Morgan fingerprint density at radius 2 is 1.45 bits per heavy atom. The number of nitrogens with zero attached hydrogens (tertiary/aromatic N) is 1. The molecule has 2 atom stereocenters. The van der Waals surface area contributed by atoms with Crippen LogP contribution in [0.5, 0.6) is 5.75 Å². The minimum absolute atomic E-state index is 0.133. The van der Waals surface area contributed by atoms with Gasteiger partial charge in [-0.1, -0.05) is 70.5 Å². The van der Waals surface area contributed by atoms with Crippen molar-refractivity contribution in [3.05, 3.63) is 130 Å². The van der Waals surface area contributed by atoms with Gasteiger partial charge in [-0.3, -0.25) is 14.4 Å². The van der Waals surface area contributed by atoms with Crippen LogP contribution in [0.4, 0.5) is 5.69 Å². The Hall–Kier alpha value is -4.56. The van der Waals surface area contributed by atoms with Crippen molar-refractivity contribution >= 4 is 45.2 Å². The van der Waals surface area contributed by atoms with E-state index < -0.39 is 28.7 Å². The summed E-state index contributed by atoms with van der Waals surface area (Å²) in [6.07, 6.45) is 0. The minimum atomic E-state index is -0.862. The number of hydrogen-bond acceptors (Lipinski definition) is 6. The highest BCUT2D eigenvalue weighted by atomic mass is 79.9. The van der Waals surface area contributed by atoms with E-state index in [4.69, 9.17) is 9.47 Å². The first-order valence-electron chi connectivity index (χ1n) is 13.5. The molecule has 8 heteroatoms. The van der Waals surface area contributed by atoms with E-state index in [2.05, 4.69) is 15.9 Å². The number of rotatable bonds is 6. The fourth-order valence-corrected chi connectivity index (χ4v) is 7.98. The van der Waals surface area contributed by atoms with Crippen molar-refractivity contribution in [2.45, 2.75) is 10.2 Å². The summed E-state index contributed by atoms with van der Waals surface area (Å²) in [5.41, 5.74) is 4.88. The molecule has 0 saturated carbocycles. The third-order valence-corrected chi connectivity index (χ3v) is 9.95. The number of halogens is 1. The van der Waals surface area contributed by atoms with Crippen LogP contribution in [-0.2, 0) is 18.7 Å². The molecule has 1 fully saturated rings. The molecule has 4 aromatic carbocycles. The molecule has 1 saturated heterocycles. The number of ketones is 1. The summed E-state index contributed by atoms with van der Waals surface area (Å²) in [5.74, 6) is -2.63. The lowest BCUT2D eigenvalue weighted by atomic mass is 9.55. The van der Waals surface area contributed by atoms with Crippen molar-refractivity contribution in [1.29, 1.82) is 0 Å². The Balaban J connectivity index is 1.18. The molecule has 8 rings (SSSR count). The van der Waals surface area contributed by atoms with Gasteiger partial charge >= 0.3 is 5.97 Å². The third kappa shape index (κ3) is 3.71. The van der Waals surface area contributed by atoms with Crippen LogP contribution in [0.2, 0.25) is 0 Å². The quantitative estimate of drug-likeness (QED) is 0.120. The molecule has 0 radical (unpaired) electrons. The SMILES string of the molecule is COc1ccc(C(=O)COC(=O)c2cccc(N3C(=O)[C@@H]4C5c6ccccc6C(Br)(c6ccccc65)[C@H]4C3=O)c2)cc1. The van der Waals surface area contributed by atoms with Crippen molar-refractivity contribution in [3.63, 3.8) is 0 Å². The summed E-state index contributed by atoms with van der Waals surface area (Å²) < 4.78 is 9.54. The standard InChI is InChI=1S/C34H24BrNO6/c1-41-22-15-13-19(14-16-22)27(37)18-42-33(40)20-7-6-8-21(17-20)36-31(38)29-28-23-9-2-4-11-25(23)34(35,30(29)32(36)39)26-12-5-3-10-24(26)28/h2-17,28-30H,18H2,1H3/t28?,29-,30-,34?/m1/s1. The second-order valence-electron chi connectivity index (χ2n) is 10.7. The fourth-order valence-electron chi connectivity index (χ4n) is 6.78. The summed E-state index contributed by atoms with van der Waals surface area (Å²) in [6.45, 7) is -0.453. The van der Waals surface area contributed by atoms with E-state index in [-0.39, 0.29) is 29.1 Å². The molecular weight excluding hydrogens is 598 g/mol. The summed E-state index contributed by atoms with van der Waals surface area (Å²) in [4.78, 5) is 55.0. The average molecular weight is 622 g/mol. The zero-order valence-corrected chi connectivity index (χ0v) is 24.0. The second kappa shape index (κ2) is 9.77. The lowest BCUT2D eigenvalue weighted by Crippen LogP contribution is -2.50. The lowest BCUT2D eigenvalue weighted by molar-refractivity contribution is -0.122. The predicted octanol–water partition coefficient (Wildman–Crippen LogP) is 5.64. The van der Waals surface area contributed by atoms with E-state index in [1.807, 2.05) is 48.5 Å². The van der Waals surface area contributed by atoms with Gasteiger partial charge in [0.05, 0.1) is 34.5 Å². The van der Waals surface area contributed by atoms with E-state index in [0.717, 1.165) is 22.3 Å².